The van der Waals surface area contributed by atoms with Gasteiger partial charge in [-0.1, -0.05) is 12.8 Å². The molecule has 0 unspecified atom stereocenters. The second-order valence-corrected chi connectivity index (χ2v) is 3.52. The highest BCUT2D eigenvalue weighted by molar-refractivity contribution is 4.96. The average Bonchev–Trinajstić information content (AvgIpc) is 2.39. The summed E-state index contributed by atoms with van der Waals surface area (Å²) in [5, 5.41) is 8.05. The number of hydrogen-bond acceptors (Lipinski definition) is 1. The third kappa shape index (κ3) is 1.06. The predicted molar refractivity (Wildman–Crippen MR) is 41.1 cm³/mol. The van der Waals surface area contributed by atoms with Crippen molar-refractivity contribution >= 4 is 0 Å². The molecule has 1 aliphatic carbocycles. The van der Waals surface area contributed by atoms with Gasteiger partial charge in [0.05, 0.1) is 0 Å². The van der Waals surface area contributed by atoms with E-state index in [9.17, 15) is 0 Å². The third-order valence-electron chi connectivity index (χ3n) is 2.75. The molecule has 0 aromatic heterocycles. The largest absolute Gasteiger partial charge is 0.309 e. The van der Waals surface area contributed by atoms with Crippen LogP contribution in [0.3, 0.4) is 0 Å². The SMILES string of the molecule is C1CCC2(C1)C[N]CCN2. The summed E-state index contributed by atoms with van der Waals surface area (Å²) in [6.07, 6.45) is 5.53. The van der Waals surface area contributed by atoms with Gasteiger partial charge < -0.3 is 5.32 Å². The minimum absolute atomic E-state index is 0.457. The zero-order valence-corrected chi connectivity index (χ0v) is 6.40. The van der Waals surface area contributed by atoms with Crippen LogP contribution in [0.5, 0.6) is 0 Å². The molecule has 10 heavy (non-hydrogen) atoms. The van der Waals surface area contributed by atoms with Crippen molar-refractivity contribution in [1.29, 1.82) is 0 Å². The molecule has 0 bridgehead atoms. The van der Waals surface area contributed by atoms with E-state index in [-0.39, 0.29) is 0 Å². The lowest BCUT2D eigenvalue weighted by atomic mass is 9.96. The van der Waals surface area contributed by atoms with E-state index < -0.39 is 0 Å². The second kappa shape index (κ2) is 2.51. The monoisotopic (exact) mass is 139 g/mol. The van der Waals surface area contributed by atoms with E-state index in [0.29, 0.717) is 5.54 Å². The fraction of sp³-hybridized carbons (Fsp3) is 1.00. The Bertz CT molecular complexity index is 108. The molecule has 1 aliphatic heterocycles. The zero-order chi connectivity index (χ0) is 6.86. The molecule has 0 aromatic rings. The first-order chi connectivity index (χ1) is 4.91. The highest BCUT2D eigenvalue weighted by Gasteiger charge is 2.34. The molecule has 0 amide bonds. The van der Waals surface area contributed by atoms with Crippen molar-refractivity contribution in [3.05, 3.63) is 0 Å². The molecule has 1 radical (unpaired) electrons. The van der Waals surface area contributed by atoms with Crippen LogP contribution in [0.4, 0.5) is 0 Å². The van der Waals surface area contributed by atoms with Gasteiger partial charge in [0.25, 0.3) is 0 Å². The third-order valence-corrected chi connectivity index (χ3v) is 2.75. The van der Waals surface area contributed by atoms with Gasteiger partial charge >= 0.3 is 0 Å². The van der Waals surface area contributed by atoms with Crippen molar-refractivity contribution in [1.82, 2.24) is 10.6 Å². The van der Waals surface area contributed by atoms with Gasteiger partial charge in [-0.2, -0.15) is 0 Å². The van der Waals surface area contributed by atoms with Gasteiger partial charge in [0.15, 0.2) is 0 Å². The summed E-state index contributed by atoms with van der Waals surface area (Å²) in [5.74, 6) is 0. The lowest BCUT2D eigenvalue weighted by Gasteiger charge is -2.34. The Hall–Kier alpha value is -0.0800. The van der Waals surface area contributed by atoms with Gasteiger partial charge in [-0.15, -0.1) is 0 Å². The molecule has 57 valence electrons. The van der Waals surface area contributed by atoms with E-state index in [1.807, 2.05) is 0 Å². The fourth-order valence-corrected chi connectivity index (χ4v) is 2.14. The molecule has 1 N–H and O–H groups in total. The number of hydrogen-bond donors (Lipinski definition) is 1. The molecule has 2 rings (SSSR count). The molecule has 1 saturated carbocycles. The summed E-state index contributed by atoms with van der Waals surface area (Å²) in [4.78, 5) is 0. The molecule has 1 spiro atoms. The highest BCUT2D eigenvalue weighted by Crippen LogP contribution is 2.29. The van der Waals surface area contributed by atoms with Crippen LogP contribution in [0.1, 0.15) is 25.7 Å². The molecule has 0 atom stereocenters. The summed E-state index contributed by atoms with van der Waals surface area (Å²) in [7, 11) is 0. The van der Waals surface area contributed by atoms with E-state index >= 15 is 0 Å². The fourth-order valence-electron chi connectivity index (χ4n) is 2.14. The number of nitrogens with zero attached hydrogens (tertiary/aromatic N) is 1. The van der Waals surface area contributed by atoms with Crippen LogP contribution in [-0.4, -0.2) is 25.2 Å². The van der Waals surface area contributed by atoms with Crippen LogP contribution in [0.25, 0.3) is 0 Å². The van der Waals surface area contributed by atoms with E-state index in [4.69, 9.17) is 0 Å². The first kappa shape index (κ1) is 6.62. The van der Waals surface area contributed by atoms with E-state index in [0.717, 1.165) is 19.6 Å². The van der Waals surface area contributed by atoms with Gasteiger partial charge in [-0.05, 0) is 12.8 Å². The minimum Gasteiger partial charge on any atom is -0.309 e. The average molecular weight is 139 g/mol. The Morgan fingerprint density at radius 3 is 2.60 bits per heavy atom. The summed E-state index contributed by atoms with van der Waals surface area (Å²) >= 11 is 0. The van der Waals surface area contributed by atoms with E-state index in [2.05, 4.69) is 10.6 Å². The van der Waals surface area contributed by atoms with Crippen molar-refractivity contribution in [2.45, 2.75) is 31.2 Å². The molecule has 2 aliphatic rings. The minimum atomic E-state index is 0.457. The highest BCUT2D eigenvalue weighted by atomic mass is 15.1. The lowest BCUT2D eigenvalue weighted by Crippen LogP contribution is -2.55. The van der Waals surface area contributed by atoms with Crippen molar-refractivity contribution in [3.8, 4) is 0 Å². The molecule has 2 nitrogen and oxygen atoms in total. The van der Waals surface area contributed by atoms with Crippen molar-refractivity contribution in [3.63, 3.8) is 0 Å². The Morgan fingerprint density at radius 1 is 1.20 bits per heavy atom. The zero-order valence-electron chi connectivity index (χ0n) is 6.40. The predicted octanol–water partition coefficient (Wildman–Crippen LogP) is 0.507. The van der Waals surface area contributed by atoms with Crippen molar-refractivity contribution < 1.29 is 0 Å². The second-order valence-electron chi connectivity index (χ2n) is 3.52. The number of nitrogens with one attached hydrogen (secondary N) is 1. The molecule has 2 heteroatoms. The Labute approximate surface area is 62.4 Å². The van der Waals surface area contributed by atoms with Crippen molar-refractivity contribution in [2.75, 3.05) is 19.6 Å². The van der Waals surface area contributed by atoms with Gasteiger partial charge in [0.1, 0.15) is 0 Å². The van der Waals surface area contributed by atoms with Gasteiger partial charge in [0.2, 0.25) is 0 Å². The summed E-state index contributed by atoms with van der Waals surface area (Å²) < 4.78 is 0. The lowest BCUT2D eigenvalue weighted by molar-refractivity contribution is 0.275. The Balaban J connectivity index is 1.98. The maximum atomic E-state index is 4.45. The molecular formula is C8H15N2. The molecular weight excluding hydrogens is 124 g/mol. The van der Waals surface area contributed by atoms with Gasteiger partial charge in [0, 0.05) is 25.2 Å². The van der Waals surface area contributed by atoms with Crippen molar-refractivity contribution in [2.24, 2.45) is 0 Å². The van der Waals surface area contributed by atoms with Crippen LogP contribution < -0.4 is 10.6 Å². The van der Waals surface area contributed by atoms with Crippen LogP contribution in [0.2, 0.25) is 0 Å². The summed E-state index contributed by atoms with van der Waals surface area (Å²) in [6, 6.07) is 0. The maximum Gasteiger partial charge on any atom is 0.0323 e. The summed E-state index contributed by atoms with van der Waals surface area (Å²) in [5.41, 5.74) is 0.457. The quantitative estimate of drug-likeness (QED) is 0.520. The topological polar surface area (TPSA) is 26.1 Å². The number of piperazine rings is 1. The van der Waals surface area contributed by atoms with E-state index in [1.54, 1.807) is 0 Å². The Kier molecular flexibility index (Phi) is 1.66. The molecule has 1 saturated heterocycles. The van der Waals surface area contributed by atoms with Crippen LogP contribution in [0.15, 0.2) is 0 Å². The normalized spacial score (nSPS) is 31.2. The van der Waals surface area contributed by atoms with Gasteiger partial charge in [-0.25, -0.2) is 5.32 Å². The van der Waals surface area contributed by atoms with Crippen LogP contribution >= 0.6 is 0 Å². The first-order valence-electron chi connectivity index (χ1n) is 4.30. The van der Waals surface area contributed by atoms with E-state index in [1.165, 1.54) is 25.7 Å². The first-order valence-corrected chi connectivity index (χ1v) is 4.30. The van der Waals surface area contributed by atoms with Gasteiger partial charge in [-0.3, -0.25) is 0 Å². The molecule has 0 aromatic carbocycles. The maximum absolute atomic E-state index is 4.45. The molecule has 1 heterocycles. The standard InChI is InChI=1S/C8H15N2/c1-2-4-8(3-1)7-9-5-6-10-8/h10H,1-7H2. The van der Waals surface area contributed by atoms with Crippen LogP contribution in [0, 0.1) is 0 Å². The molecule has 2 fully saturated rings. The summed E-state index contributed by atoms with van der Waals surface area (Å²) in [6.45, 7) is 3.22. The Morgan fingerprint density at radius 2 is 2.00 bits per heavy atom. The van der Waals surface area contributed by atoms with Crippen LogP contribution in [-0.2, 0) is 0 Å². The smallest absolute Gasteiger partial charge is 0.0323 e. The number of rotatable bonds is 0.